The predicted octanol–water partition coefficient (Wildman–Crippen LogP) is 0.244. The van der Waals surface area contributed by atoms with Crippen molar-refractivity contribution < 1.29 is 9.37 Å². The number of nitrogens with one attached hydrogen (secondary N) is 1. The van der Waals surface area contributed by atoms with E-state index in [0.29, 0.717) is 6.04 Å². The van der Waals surface area contributed by atoms with Crippen LogP contribution in [0.15, 0.2) is 0 Å². The van der Waals surface area contributed by atoms with Gasteiger partial charge in [0.2, 0.25) is 6.41 Å². The first-order valence-electron chi connectivity index (χ1n) is 3.92. The summed E-state index contributed by atoms with van der Waals surface area (Å²) in [6.07, 6.45) is 1.68. The summed E-state index contributed by atoms with van der Waals surface area (Å²) in [4.78, 5) is 9.84. The Morgan fingerprint density at radius 3 is 2.73 bits per heavy atom. The highest BCUT2D eigenvalue weighted by atomic mass is 16.1. The van der Waals surface area contributed by atoms with E-state index in [-0.39, 0.29) is 0 Å². The summed E-state index contributed by atoms with van der Waals surface area (Å²) in [7, 11) is 0. The van der Waals surface area contributed by atoms with Crippen molar-refractivity contribution in [1.82, 2.24) is 5.32 Å². The Morgan fingerprint density at radius 1 is 1.64 bits per heavy atom. The van der Waals surface area contributed by atoms with Crippen LogP contribution in [0.1, 0.15) is 20.3 Å². The predicted molar refractivity (Wildman–Crippen MR) is 46.1 cm³/mol. The maximum Gasteiger partial charge on any atom is 0.207 e. The second-order valence-corrected chi connectivity index (χ2v) is 2.83. The molecule has 0 fully saturated rings. The first-order valence-corrected chi connectivity index (χ1v) is 3.92. The standard InChI is InChI=1S/C8H16N2O/c1-8(2)10(3)6-4-5-9-7-11/h7-8H,3-6H2,1-2H3/p+1. The van der Waals surface area contributed by atoms with Crippen LogP contribution in [0.3, 0.4) is 0 Å². The molecule has 3 heteroatoms. The molecule has 0 rings (SSSR count). The van der Waals surface area contributed by atoms with Gasteiger partial charge < -0.3 is 5.32 Å². The van der Waals surface area contributed by atoms with E-state index < -0.39 is 0 Å². The van der Waals surface area contributed by atoms with Crippen LogP contribution in [-0.2, 0) is 4.79 Å². The molecular formula is C8H17N2O+. The molecule has 0 aliphatic rings. The summed E-state index contributed by atoms with van der Waals surface area (Å²) >= 11 is 0. The number of amides is 1. The van der Waals surface area contributed by atoms with Crippen molar-refractivity contribution in [1.29, 1.82) is 0 Å². The van der Waals surface area contributed by atoms with Gasteiger partial charge in [0.15, 0.2) is 0 Å². The van der Waals surface area contributed by atoms with Crippen LogP contribution >= 0.6 is 0 Å². The molecule has 1 N–H and O–H groups in total. The highest BCUT2D eigenvalue weighted by Gasteiger charge is 2.03. The topological polar surface area (TPSA) is 32.1 Å². The minimum atomic E-state index is 0.478. The zero-order chi connectivity index (χ0) is 8.69. The second-order valence-electron chi connectivity index (χ2n) is 2.83. The van der Waals surface area contributed by atoms with Gasteiger partial charge in [-0.15, -0.1) is 0 Å². The lowest BCUT2D eigenvalue weighted by Gasteiger charge is -2.04. The maximum absolute atomic E-state index is 9.84. The third-order valence-electron chi connectivity index (χ3n) is 1.58. The highest BCUT2D eigenvalue weighted by Crippen LogP contribution is 1.87. The normalized spacial score (nSPS) is 9.73. The molecule has 3 nitrogen and oxygen atoms in total. The number of carbonyl (C=O) groups excluding carboxylic acids is 1. The number of hydrogen-bond donors (Lipinski definition) is 1. The van der Waals surface area contributed by atoms with Crippen LogP contribution in [0.4, 0.5) is 0 Å². The maximum atomic E-state index is 9.84. The van der Waals surface area contributed by atoms with Crippen molar-refractivity contribution in [2.24, 2.45) is 0 Å². The van der Waals surface area contributed by atoms with E-state index >= 15 is 0 Å². The lowest BCUT2D eigenvalue weighted by molar-refractivity contribution is -0.550. The molecule has 0 unspecified atom stereocenters. The van der Waals surface area contributed by atoms with Crippen LogP contribution < -0.4 is 5.32 Å². The average molecular weight is 157 g/mol. The van der Waals surface area contributed by atoms with Crippen molar-refractivity contribution in [3.63, 3.8) is 0 Å². The number of carbonyl (C=O) groups is 1. The van der Waals surface area contributed by atoms with Crippen LogP contribution in [0.25, 0.3) is 0 Å². The lowest BCUT2D eigenvalue weighted by atomic mass is 10.3. The number of nitrogens with zero attached hydrogens (tertiary/aromatic N) is 1. The summed E-state index contributed by atoms with van der Waals surface area (Å²) in [6.45, 7) is 9.71. The van der Waals surface area contributed by atoms with Gasteiger partial charge in [0, 0.05) is 13.0 Å². The van der Waals surface area contributed by atoms with Crippen LogP contribution in [0, 0.1) is 0 Å². The third kappa shape index (κ3) is 5.58. The fourth-order valence-electron chi connectivity index (χ4n) is 0.701. The molecule has 1 amide bonds. The van der Waals surface area contributed by atoms with Gasteiger partial charge in [0.05, 0.1) is 0 Å². The molecule has 11 heavy (non-hydrogen) atoms. The fraction of sp³-hybridized carbons (Fsp3) is 0.750. The minimum absolute atomic E-state index is 0.478. The van der Waals surface area contributed by atoms with Crippen molar-refractivity contribution in [2.45, 2.75) is 26.3 Å². The lowest BCUT2D eigenvalue weighted by Crippen LogP contribution is -2.23. The van der Waals surface area contributed by atoms with Gasteiger partial charge in [-0.3, -0.25) is 4.79 Å². The van der Waals surface area contributed by atoms with E-state index in [4.69, 9.17) is 0 Å². The van der Waals surface area contributed by atoms with E-state index in [2.05, 4.69) is 25.9 Å². The van der Waals surface area contributed by atoms with E-state index in [9.17, 15) is 4.79 Å². The van der Waals surface area contributed by atoms with E-state index in [1.807, 2.05) is 4.58 Å². The van der Waals surface area contributed by atoms with Crippen molar-refractivity contribution in [2.75, 3.05) is 13.1 Å². The zero-order valence-corrected chi connectivity index (χ0v) is 7.34. The van der Waals surface area contributed by atoms with Crippen LogP contribution in [0.2, 0.25) is 0 Å². The molecule has 0 aromatic heterocycles. The molecule has 0 saturated carbocycles. The SMILES string of the molecule is C=[N+](CCCNC=O)C(C)C. The van der Waals surface area contributed by atoms with Gasteiger partial charge in [-0.2, -0.15) is 0 Å². The third-order valence-corrected chi connectivity index (χ3v) is 1.58. The molecule has 0 saturated heterocycles. The highest BCUT2D eigenvalue weighted by molar-refractivity contribution is 5.45. The molecule has 64 valence electrons. The molecule has 0 atom stereocenters. The summed E-state index contributed by atoms with van der Waals surface area (Å²) < 4.78 is 2.01. The first-order chi connectivity index (χ1) is 5.18. The van der Waals surface area contributed by atoms with E-state index in [0.717, 1.165) is 25.9 Å². The Kier molecular flexibility index (Phi) is 5.43. The smallest absolute Gasteiger partial charge is 0.207 e. The van der Waals surface area contributed by atoms with Gasteiger partial charge in [-0.05, 0) is 13.8 Å². The number of hydrogen-bond acceptors (Lipinski definition) is 1. The van der Waals surface area contributed by atoms with E-state index in [1.165, 1.54) is 0 Å². The van der Waals surface area contributed by atoms with Gasteiger partial charge in [0.25, 0.3) is 0 Å². The largest absolute Gasteiger partial charge is 0.358 e. The monoisotopic (exact) mass is 157 g/mol. The van der Waals surface area contributed by atoms with Gasteiger partial charge in [0.1, 0.15) is 19.3 Å². The van der Waals surface area contributed by atoms with Crippen LogP contribution in [0.5, 0.6) is 0 Å². The zero-order valence-electron chi connectivity index (χ0n) is 7.34. The van der Waals surface area contributed by atoms with Gasteiger partial charge in [-0.1, -0.05) is 0 Å². The molecule has 0 spiro atoms. The Balaban J connectivity index is 3.24. The van der Waals surface area contributed by atoms with Crippen molar-refractivity contribution >= 4 is 13.1 Å². The average Bonchev–Trinajstić information content (AvgIpc) is 1.97. The Labute approximate surface area is 68.1 Å². The molecule has 0 radical (unpaired) electrons. The quantitative estimate of drug-likeness (QED) is 0.255. The molecule has 0 aromatic carbocycles. The molecule has 0 aliphatic carbocycles. The molecular weight excluding hydrogens is 140 g/mol. The first kappa shape index (κ1) is 10.1. The minimum Gasteiger partial charge on any atom is -0.358 e. The Bertz CT molecular complexity index is 132. The van der Waals surface area contributed by atoms with Crippen LogP contribution in [-0.4, -0.2) is 36.8 Å². The Hall–Kier alpha value is -0.860. The van der Waals surface area contributed by atoms with Gasteiger partial charge in [-0.25, -0.2) is 4.58 Å². The summed E-state index contributed by atoms with van der Waals surface area (Å²) in [5.41, 5.74) is 0. The summed E-state index contributed by atoms with van der Waals surface area (Å²) in [5, 5.41) is 2.61. The summed E-state index contributed by atoms with van der Waals surface area (Å²) in [5.74, 6) is 0. The molecule has 0 aliphatic heterocycles. The van der Waals surface area contributed by atoms with Crippen molar-refractivity contribution in [3.8, 4) is 0 Å². The molecule has 0 bridgehead atoms. The van der Waals surface area contributed by atoms with Crippen molar-refractivity contribution in [3.05, 3.63) is 0 Å². The molecule has 0 heterocycles. The fourth-order valence-corrected chi connectivity index (χ4v) is 0.701. The molecule has 0 aromatic rings. The van der Waals surface area contributed by atoms with E-state index in [1.54, 1.807) is 0 Å². The Morgan fingerprint density at radius 2 is 2.27 bits per heavy atom. The number of rotatable bonds is 6. The van der Waals surface area contributed by atoms with Gasteiger partial charge >= 0.3 is 0 Å². The second kappa shape index (κ2) is 5.89. The summed E-state index contributed by atoms with van der Waals surface area (Å²) in [6, 6.07) is 0.478.